The van der Waals surface area contributed by atoms with E-state index in [1.165, 1.54) is 0 Å². The fourth-order valence-electron chi connectivity index (χ4n) is 3.30. The molecule has 0 aromatic heterocycles. The molecular formula is C24H28N4O8. The van der Waals surface area contributed by atoms with Crippen LogP contribution in [0.15, 0.2) is 48.5 Å². The lowest BCUT2D eigenvalue weighted by Crippen LogP contribution is -2.54. The van der Waals surface area contributed by atoms with Crippen molar-refractivity contribution >= 4 is 29.2 Å². The summed E-state index contributed by atoms with van der Waals surface area (Å²) in [6, 6.07) is 9.33. The number of non-ortho nitro benzene ring substituents is 2. The number of benzene rings is 2. The topological polar surface area (TPSA) is 171 Å². The third kappa shape index (κ3) is 7.86. The van der Waals surface area contributed by atoms with Crippen LogP contribution in [0.2, 0.25) is 0 Å². The standard InChI is InChI=1S/C24H28N4O8/c1-4-10-36-24(31)20(11-16-8-6-5-7-9-16)25-23(30)21(15(2)3)26-22(29)17-12-18(27(32)33)14-19(13-17)28(34)35/h5-9,12-15,20-21H,4,10-11H2,1-3H3,(H,25,30)(H,26,29). The summed E-state index contributed by atoms with van der Waals surface area (Å²) >= 11 is 0. The summed E-state index contributed by atoms with van der Waals surface area (Å²) in [6.07, 6.45) is 0.753. The molecule has 0 spiro atoms. The van der Waals surface area contributed by atoms with Gasteiger partial charge in [0.25, 0.3) is 17.3 Å². The third-order valence-corrected chi connectivity index (χ3v) is 5.15. The summed E-state index contributed by atoms with van der Waals surface area (Å²) in [5.74, 6) is -2.67. The van der Waals surface area contributed by atoms with E-state index in [-0.39, 0.29) is 18.6 Å². The Morgan fingerprint density at radius 1 is 0.944 bits per heavy atom. The first-order chi connectivity index (χ1) is 17.0. The Morgan fingerprint density at radius 2 is 1.53 bits per heavy atom. The number of amides is 2. The maximum absolute atomic E-state index is 13.1. The van der Waals surface area contributed by atoms with E-state index < -0.39 is 57.0 Å². The van der Waals surface area contributed by atoms with Gasteiger partial charge in [-0.05, 0) is 17.9 Å². The zero-order valence-corrected chi connectivity index (χ0v) is 20.1. The molecule has 2 aromatic rings. The summed E-state index contributed by atoms with van der Waals surface area (Å²) in [7, 11) is 0. The fraction of sp³-hybridized carbons (Fsp3) is 0.375. The number of nitrogens with zero attached hydrogens (tertiary/aromatic N) is 2. The Hall–Kier alpha value is -4.35. The summed E-state index contributed by atoms with van der Waals surface area (Å²) < 4.78 is 5.22. The maximum Gasteiger partial charge on any atom is 0.328 e. The molecule has 2 unspecified atom stereocenters. The Labute approximate surface area is 207 Å². The molecule has 0 saturated carbocycles. The lowest BCUT2D eigenvalue weighted by Gasteiger charge is -2.25. The van der Waals surface area contributed by atoms with Crippen molar-refractivity contribution in [3.05, 3.63) is 79.9 Å². The molecule has 0 aliphatic carbocycles. The predicted octanol–water partition coefficient (Wildman–Crippen LogP) is 2.94. The van der Waals surface area contributed by atoms with Crippen LogP contribution in [0.4, 0.5) is 11.4 Å². The zero-order valence-electron chi connectivity index (χ0n) is 20.1. The van der Waals surface area contributed by atoms with Gasteiger partial charge in [0.15, 0.2) is 0 Å². The van der Waals surface area contributed by atoms with E-state index in [4.69, 9.17) is 4.74 Å². The monoisotopic (exact) mass is 500 g/mol. The smallest absolute Gasteiger partial charge is 0.328 e. The molecule has 36 heavy (non-hydrogen) atoms. The summed E-state index contributed by atoms with van der Waals surface area (Å²) in [5.41, 5.74) is -0.842. The molecule has 0 saturated heterocycles. The number of nitrogens with one attached hydrogen (secondary N) is 2. The molecule has 0 bridgehead atoms. The molecule has 0 radical (unpaired) electrons. The van der Waals surface area contributed by atoms with Gasteiger partial charge in [-0.1, -0.05) is 51.1 Å². The normalized spacial score (nSPS) is 12.3. The number of rotatable bonds is 12. The molecule has 12 heteroatoms. The van der Waals surface area contributed by atoms with Gasteiger partial charge in [0, 0.05) is 18.6 Å². The second-order valence-electron chi connectivity index (χ2n) is 8.37. The van der Waals surface area contributed by atoms with Crippen LogP contribution in [0.5, 0.6) is 0 Å². The molecule has 2 aromatic carbocycles. The van der Waals surface area contributed by atoms with E-state index in [0.29, 0.717) is 6.42 Å². The van der Waals surface area contributed by atoms with Gasteiger partial charge in [0.05, 0.1) is 28.1 Å². The summed E-state index contributed by atoms with van der Waals surface area (Å²) in [5, 5.41) is 27.4. The summed E-state index contributed by atoms with van der Waals surface area (Å²) in [4.78, 5) is 59.2. The number of carbonyl (C=O) groups is 3. The number of esters is 1. The van der Waals surface area contributed by atoms with Crippen LogP contribution < -0.4 is 10.6 Å². The number of nitro benzene ring substituents is 2. The molecular weight excluding hydrogens is 472 g/mol. The first kappa shape index (κ1) is 27.9. The molecule has 2 atom stereocenters. The van der Waals surface area contributed by atoms with Gasteiger partial charge in [-0.2, -0.15) is 0 Å². The van der Waals surface area contributed by atoms with Gasteiger partial charge < -0.3 is 15.4 Å². The van der Waals surface area contributed by atoms with E-state index >= 15 is 0 Å². The Balaban J connectivity index is 2.26. The molecule has 2 rings (SSSR count). The average molecular weight is 501 g/mol. The lowest BCUT2D eigenvalue weighted by molar-refractivity contribution is -0.394. The van der Waals surface area contributed by atoms with Crippen molar-refractivity contribution in [2.24, 2.45) is 5.92 Å². The van der Waals surface area contributed by atoms with Gasteiger partial charge >= 0.3 is 5.97 Å². The third-order valence-electron chi connectivity index (χ3n) is 5.15. The summed E-state index contributed by atoms with van der Waals surface area (Å²) in [6.45, 7) is 5.32. The molecule has 0 aliphatic rings. The average Bonchev–Trinajstić information content (AvgIpc) is 2.85. The van der Waals surface area contributed by atoms with E-state index in [0.717, 1.165) is 23.8 Å². The van der Waals surface area contributed by atoms with Crippen LogP contribution in [0.25, 0.3) is 0 Å². The van der Waals surface area contributed by atoms with E-state index in [1.807, 2.05) is 13.0 Å². The largest absolute Gasteiger partial charge is 0.464 e. The molecule has 2 N–H and O–H groups in total. The minimum atomic E-state index is -1.15. The van der Waals surface area contributed by atoms with Crippen molar-refractivity contribution in [2.45, 2.75) is 45.7 Å². The lowest BCUT2D eigenvalue weighted by atomic mass is 10.0. The van der Waals surface area contributed by atoms with Crippen LogP contribution in [0, 0.1) is 26.1 Å². The second kappa shape index (κ2) is 12.9. The first-order valence-electron chi connectivity index (χ1n) is 11.3. The maximum atomic E-state index is 13.1. The van der Waals surface area contributed by atoms with E-state index in [2.05, 4.69) is 10.6 Å². The molecule has 0 aliphatic heterocycles. The van der Waals surface area contributed by atoms with Crippen LogP contribution >= 0.6 is 0 Å². The van der Waals surface area contributed by atoms with Crippen molar-refractivity contribution in [3.63, 3.8) is 0 Å². The van der Waals surface area contributed by atoms with Crippen molar-refractivity contribution in [1.82, 2.24) is 10.6 Å². The molecule has 192 valence electrons. The Morgan fingerprint density at radius 3 is 2.03 bits per heavy atom. The SMILES string of the molecule is CCCOC(=O)C(Cc1ccccc1)NC(=O)C(NC(=O)c1cc([N+](=O)[O-])cc([N+](=O)[O-])c1)C(C)C. The van der Waals surface area contributed by atoms with Crippen LogP contribution in [0.1, 0.15) is 43.1 Å². The minimum Gasteiger partial charge on any atom is -0.464 e. The van der Waals surface area contributed by atoms with Gasteiger partial charge in [-0.15, -0.1) is 0 Å². The van der Waals surface area contributed by atoms with Gasteiger partial charge in [0.2, 0.25) is 5.91 Å². The molecule has 0 fully saturated rings. The number of hydrogen-bond donors (Lipinski definition) is 2. The van der Waals surface area contributed by atoms with Crippen molar-refractivity contribution < 1.29 is 29.0 Å². The fourth-order valence-corrected chi connectivity index (χ4v) is 3.30. The van der Waals surface area contributed by atoms with Gasteiger partial charge in [-0.3, -0.25) is 29.8 Å². The van der Waals surface area contributed by atoms with Crippen LogP contribution in [-0.2, 0) is 20.7 Å². The number of hydrogen-bond acceptors (Lipinski definition) is 8. The zero-order chi connectivity index (χ0) is 26.8. The number of nitro groups is 2. The van der Waals surface area contributed by atoms with Crippen LogP contribution in [-0.4, -0.2) is 46.3 Å². The minimum absolute atomic E-state index is 0.158. The van der Waals surface area contributed by atoms with E-state index in [1.54, 1.807) is 38.1 Å². The Kier molecular flexibility index (Phi) is 10.0. The number of ether oxygens (including phenoxy) is 1. The van der Waals surface area contributed by atoms with Crippen molar-refractivity contribution in [2.75, 3.05) is 6.61 Å². The first-order valence-corrected chi connectivity index (χ1v) is 11.3. The van der Waals surface area contributed by atoms with E-state index in [9.17, 15) is 34.6 Å². The van der Waals surface area contributed by atoms with Crippen molar-refractivity contribution in [1.29, 1.82) is 0 Å². The number of carbonyl (C=O) groups excluding carboxylic acids is 3. The van der Waals surface area contributed by atoms with Gasteiger partial charge in [-0.25, -0.2) is 4.79 Å². The highest BCUT2D eigenvalue weighted by Crippen LogP contribution is 2.23. The molecule has 0 heterocycles. The highest BCUT2D eigenvalue weighted by Gasteiger charge is 2.31. The highest BCUT2D eigenvalue weighted by atomic mass is 16.6. The second-order valence-corrected chi connectivity index (χ2v) is 8.37. The van der Waals surface area contributed by atoms with Crippen molar-refractivity contribution in [3.8, 4) is 0 Å². The molecule has 2 amide bonds. The van der Waals surface area contributed by atoms with Crippen LogP contribution in [0.3, 0.4) is 0 Å². The predicted molar refractivity (Wildman–Crippen MR) is 129 cm³/mol. The quantitative estimate of drug-likeness (QED) is 0.254. The Bertz CT molecular complexity index is 1090. The van der Waals surface area contributed by atoms with Gasteiger partial charge in [0.1, 0.15) is 12.1 Å². The highest BCUT2D eigenvalue weighted by molar-refractivity contribution is 5.99. The molecule has 12 nitrogen and oxygen atoms in total.